The van der Waals surface area contributed by atoms with Crippen LogP contribution in [0.4, 0.5) is 8.78 Å². The number of furan rings is 1. The third-order valence-electron chi connectivity index (χ3n) is 3.26. The molecule has 90 valence electrons. The monoisotopic (exact) mass is 229 g/mol. The van der Waals surface area contributed by atoms with E-state index in [-0.39, 0.29) is 0 Å². The highest BCUT2D eigenvalue weighted by atomic mass is 19.3. The van der Waals surface area contributed by atoms with Crippen molar-refractivity contribution in [2.45, 2.75) is 44.6 Å². The largest absolute Gasteiger partial charge is 0.469 e. The molecule has 0 aliphatic heterocycles. The van der Waals surface area contributed by atoms with Crippen LogP contribution in [0.15, 0.2) is 16.7 Å². The summed E-state index contributed by atoms with van der Waals surface area (Å²) >= 11 is 0. The number of hydrogen-bond acceptors (Lipinski definition) is 2. The molecule has 2 nitrogen and oxygen atoms in total. The fourth-order valence-corrected chi connectivity index (χ4v) is 2.43. The third kappa shape index (κ3) is 1.75. The minimum absolute atomic E-state index is 0.483. The van der Waals surface area contributed by atoms with Gasteiger partial charge in [-0.2, -0.15) is 0 Å². The molecule has 1 aromatic rings. The standard InChI is InChI=1S/C12H17F2NO/c1-2-7-15-12(11(13)14)6-3-4-10-9(12)5-8-16-10/h5,8,11,15H,2-4,6-7H2,1H3. The Balaban J connectivity index is 2.34. The summed E-state index contributed by atoms with van der Waals surface area (Å²) in [5, 5.41) is 3.02. The second-order valence-corrected chi connectivity index (χ2v) is 4.31. The first-order chi connectivity index (χ1) is 7.70. The van der Waals surface area contributed by atoms with Gasteiger partial charge in [0, 0.05) is 12.0 Å². The predicted octanol–water partition coefficient (Wildman–Crippen LogP) is 3.08. The van der Waals surface area contributed by atoms with Crippen LogP contribution in [0.1, 0.15) is 37.5 Å². The first-order valence-corrected chi connectivity index (χ1v) is 5.80. The summed E-state index contributed by atoms with van der Waals surface area (Å²) in [6.07, 6.45) is 1.97. The van der Waals surface area contributed by atoms with Crippen LogP contribution in [-0.2, 0) is 12.0 Å². The Kier molecular flexibility index (Phi) is 3.28. The molecule has 16 heavy (non-hydrogen) atoms. The topological polar surface area (TPSA) is 25.2 Å². The summed E-state index contributed by atoms with van der Waals surface area (Å²) in [5.74, 6) is 0.718. The van der Waals surface area contributed by atoms with Crippen molar-refractivity contribution in [3.05, 3.63) is 23.7 Å². The summed E-state index contributed by atoms with van der Waals surface area (Å²) < 4.78 is 32.0. The molecule has 0 spiro atoms. The molecule has 1 aliphatic rings. The van der Waals surface area contributed by atoms with Gasteiger partial charge in [-0.15, -0.1) is 0 Å². The lowest BCUT2D eigenvalue weighted by Crippen LogP contribution is -2.50. The first kappa shape index (κ1) is 11.6. The van der Waals surface area contributed by atoms with Crippen molar-refractivity contribution in [1.82, 2.24) is 5.32 Å². The minimum Gasteiger partial charge on any atom is -0.469 e. The van der Waals surface area contributed by atoms with E-state index in [0.717, 1.165) is 25.0 Å². The van der Waals surface area contributed by atoms with Crippen molar-refractivity contribution in [2.24, 2.45) is 0 Å². The summed E-state index contributed by atoms with van der Waals surface area (Å²) in [4.78, 5) is 0. The van der Waals surface area contributed by atoms with Crippen LogP contribution >= 0.6 is 0 Å². The molecule has 1 N–H and O–H groups in total. The molecular formula is C12H17F2NO. The van der Waals surface area contributed by atoms with E-state index >= 15 is 0 Å². The van der Waals surface area contributed by atoms with E-state index in [1.165, 1.54) is 6.26 Å². The molecule has 0 radical (unpaired) electrons. The van der Waals surface area contributed by atoms with Crippen LogP contribution in [0.5, 0.6) is 0 Å². The number of fused-ring (bicyclic) bond motifs is 1. The molecule has 1 aromatic heterocycles. The molecule has 1 unspecified atom stereocenters. The Morgan fingerprint density at radius 3 is 3.06 bits per heavy atom. The molecule has 1 heterocycles. The fraction of sp³-hybridized carbons (Fsp3) is 0.667. The molecule has 2 rings (SSSR count). The van der Waals surface area contributed by atoms with Crippen molar-refractivity contribution in [3.8, 4) is 0 Å². The van der Waals surface area contributed by atoms with Crippen molar-refractivity contribution in [2.75, 3.05) is 6.54 Å². The van der Waals surface area contributed by atoms with E-state index < -0.39 is 12.0 Å². The van der Waals surface area contributed by atoms with Crippen LogP contribution in [0, 0.1) is 0 Å². The third-order valence-corrected chi connectivity index (χ3v) is 3.26. The summed E-state index contributed by atoms with van der Waals surface area (Å²) in [6, 6.07) is 1.68. The average Bonchev–Trinajstić information content (AvgIpc) is 2.74. The Bertz CT molecular complexity index is 351. The van der Waals surface area contributed by atoms with Gasteiger partial charge in [0.2, 0.25) is 0 Å². The van der Waals surface area contributed by atoms with Crippen LogP contribution in [-0.4, -0.2) is 13.0 Å². The van der Waals surface area contributed by atoms with Crippen LogP contribution in [0.2, 0.25) is 0 Å². The maximum absolute atomic E-state index is 13.4. The first-order valence-electron chi connectivity index (χ1n) is 5.80. The van der Waals surface area contributed by atoms with E-state index in [1.54, 1.807) is 6.07 Å². The highest BCUT2D eigenvalue weighted by molar-refractivity contribution is 5.30. The summed E-state index contributed by atoms with van der Waals surface area (Å²) in [5.41, 5.74) is -0.529. The molecular weight excluding hydrogens is 212 g/mol. The zero-order chi connectivity index (χ0) is 11.6. The molecule has 0 bridgehead atoms. The van der Waals surface area contributed by atoms with Gasteiger partial charge in [-0.3, -0.25) is 0 Å². The maximum Gasteiger partial charge on any atom is 0.260 e. The highest BCUT2D eigenvalue weighted by Crippen LogP contribution is 2.40. The van der Waals surface area contributed by atoms with Gasteiger partial charge in [-0.25, -0.2) is 8.78 Å². The minimum atomic E-state index is -2.39. The lowest BCUT2D eigenvalue weighted by molar-refractivity contribution is 0.0148. The molecule has 0 saturated carbocycles. The predicted molar refractivity (Wildman–Crippen MR) is 57.6 cm³/mol. The van der Waals surface area contributed by atoms with Gasteiger partial charge in [0.05, 0.1) is 6.26 Å². The normalized spacial score (nSPS) is 24.8. The van der Waals surface area contributed by atoms with Crippen molar-refractivity contribution < 1.29 is 13.2 Å². The number of nitrogens with one attached hydrogen (secondary N) is 1. The number of hydrogen-bond donors (Lipinski definition) is 1. The van der Waals surface area contributed by atoms with Crippen molar-refractivity contribution in [3.63, 3.8) is 0 Å². The van der Waals surface area contributed by atoms with Gasteiger partial charge < -0.3 is 9.73 Å². The zero-order valence-corrected chi connectivity index (χ0v) is 9.43. The van der Waals surface area contributed by atoms with Gasteiger partial charge >= 0.3 is 0 Å². The molecule has 0 amide bonds. The highest BCUT2D eigenvalue weighted by Gasteiger charge is 2.45. The van der Waals surface area contributed by atoms with Crippen molar-refractivity contribution in [1.29, 1.82) is 0 Å². The number of rotatable bonds is 4. The Labute approximate surface area is 94.0 Å². The SMILES string of the molecule is CCCNC1(C(F)F)CCCc2occc21. The van der Waals surface area contributed by atoms with Gasteiger partial charge in [-0.05, 0) is 31.9 Å². The summed E-state index contributed by atoms with van der Waals surface area (Å²) in [7, 11) is 0. The van der Waals surface area contributed by atoms with Crippen LogP contribution < -0.4 is 5.32 Å². The quantitative estimate of drug-likeness (QED) is 0.858. The Hall–Kier alpha value is -0.900. The van der Waals surface area contributed by atoms with E-state index in [0.29, 0.717) is 18.5 Å². The number of aryl methyl sites for hydroxylation is 1. The second-order valence-electron chi connectivity index (χ2n) is 4.31. The van der Waals surface area contributed by atoms with E-state index in [4.69, 9.17) is 4.42 Å². The fourth-order valence-electron chi connectivity index (χ4n) is 2.43. The van der Waals surface area contributed by atoms with Crippen LogP contribution in [0.3, 0.4) is 0 Å². The average molecular weight is 229 g/mol. The van der Waals surface area contributed by atoms with E-state index in [2.05, 4.69) is 5.32 Å². The second kappa shape index (κ2) is 4.53. The molecule has 1 aliphatic carbocycles. The van der Waals surface area contributed by atoms with Gasteiger partial charge in [0.1, 0.15) is 11.3 Å². The van der Waals surface area contributed by atoms with Gasteiger partial charge in [0.25, 0.3) is 6.43 Å². The summed E-state index contributed by atoms with van der Waals surface area (Å²) in [6.45, 7) is 2.58. The van der Waals surface area contributed by atoms with Gasteiger partial charge in [0.15, 0.2) is 0 Å². The van der Waals surface area contributed by atoms with E-state index in [1.807, 2.05) is 6.92 Å². The number of halogens is 2. The van der Waals surface area contributed by atoms with Crippen LogP contribution in [0.25, 0.3) is 0 Å². The van der Waals surface area contributed by atoms with E-state index in [9.17, 15) is 8.78 Å². The smallest absolute Gasteiger partial charge is 0.260 e. The lowest BCUT2D eigenvalue weighted by Gasteiger charge is -2.37. The lowest BCUT2D eigenvalue weighted by atomic mass is 9.80. The zero-order valence-electron chi connectivity index (χ0n) is 9.43. The Morgan fingerprint density at radius 2 is 2.38 bits per heavy atom. The number of alkyl halides is 2. The Morgan fingerprint density at radius 1 is 1.56 bits per heavy atom. The molecule has 4 heteroatoms. The molecule has 0 fully saturated rings. The molecule has 0 aromatic carbocycles. The van der Waals surface area contributed by atoms with Gasteiger partial charge in [-0.1, -0.05) is 6.92 Å². The molecule has 1 atom stereocenters. The maximum atomic E-state index is 13.4. The van der Waals surface area contributed by atoms with Crippen molar-refractivity contribution >= 4 is 0 Å². The molecule has 0 saturated heterocycles.